The molecule has 0 heterocycles. The SMILES string of the molecule is COC(C)CC(=O)c1cc(O)ccc1O. The summed E-state index contributed by atoms with van der Waals surface area (Å²) in [5, 5.41) is 18.6. The van der Waals surface area contributed by atoms with Crippen LogP contribution in [-0.2, 0) is 4.74 Å². The summed E-state index contributed by atoms with van der Waals surface area (Å²) in [7, 11) is 1.51. The molecule has 0 aliphatic rings. The van der Waals surface area contributed by atoms with Crippen molar-refractivity contribution in [1.29, 1.82) is 0 Å². The van der Waals surface area contributed by atoms with Crippen LogP contribution in [0.5, 0.6) is 11.5 Å². The van der Waals surface area contributed by atoms with Crippen molar-refractivity contribution in [3.05, 3.63) is 23.8 Å². The highest BCUT2D eigenvalue weighted by molar-refractivity contribution is 5.99. The number of hydrogen-bond donors (Lipinski definition) is 2. The van der Waals surface area contributed by atoms with Crippen molar-refractivity contribution >= 4 is 5.78 Å². The highest BCUT2D eigenvalue weighted by atomic mass is 16.5. The van der Waals surface area contributed by atoms with E-state index in [1.807, 2.05) is 0 Å². The van der Waals surface area contributed by atoms with Gasteiger partial charge >= 0.3 is 0 Å². The number of phenols is 2. The van der Waals surface area contributed by atoms with Crippen molar-refractivity contribution in [3.8, 4) is 11.5 Å². The Balaban J connectivity index is 2.86. The summed E-state index contributed by atoms with van der Waals surface area (Å²) < 4.78 is 4.95. The molecule has 1 aromatic rings. The van der Waals surface area contributed by atoms with Gasteiger partial charge in [0.2, 0.25) is 0 Å². The topological polar surface area (TPSA) is 66.8 Å². The van der Waals surface area contributed by atoms with Crippen LogP contribution in [0.15, 0.2) is 18.2 Å². The summed E-state index contributed by atoms with van der Waals surface area (Å²) in [5.74, 6) is -0.417. The molecule has 82 valence electrons. The third kappa shape index (κ3) is 2.95. The Labute approximate surface area is 88.1 Å². The Bertz CT molecular complexity index is 360. The number of carbonyl (C=O) groups is 1. The van der Waals surface area contributed by atoms with Crippen LogP contribution in [0.1, 0.15) is 23.7 Å². The predicted molar refractivity (Wildman–Crippen MR) is 55.2 cm³/mol. The summed E-state index contributed by atoms with van der Waals surface area (Å²) in [4.78, 5) is 11.6. The number of methoxy groups -OCH3 is 1. The van der Waals surface area contributed by atoms with Gasteiger partial charge in [-0.1, -0.05) is 0 Å². The van der Waals surface area contributed by atoms with Crippen molar-refractivity contribution in [2.24, 2.45) is 0 Å². The quantitative estimate of drug-likeness (QED) is 0.586. The van der Waals surface area contributed by atoms with Crippen LogP contribution in [0.3, 0.4) is 0 Å². The first-order valence-electron chi connectivity index (χ1n) is 4.62. The number of ketones is 1. The highest BCUT2D eigenvalue weighted by Crippen LogP contribution is 2.23. The number of aromatic hydroxyl groups is 2. The molecule has 1 unspecified atom stereocenters. The lowest BCUT2D eigenvalue weighted by atomic mass is 10.0. The van der Waals surface area contributed by atoms with Crippen LogP contribution >= 0.6 is 0 Å². The van der Waals surface area contributed by atoms with Crippen molar-refractivity contribution in [2.75, 3.05) is 7.11 Å². The van der Waals surface area contributed by atoms with Crippen molar-refractivity contribution in [1.82, 2.24) is 0 Å². The second-order valence-electron chi connectivity index (χ2n) is 3.38. The molecule has 0 fully saturated rings. The summed E-state index contributed by atoms with van der Waals surface area (Å²) >= 11 is 0. The fraction of sp³-hybridized carbons (Fsp3) is 0.364. The zero-order valence-electron chi connectivity index (χ0n) is 8.73. The number of benzene rings is 1. The average molecular weight is 210 g/mol. The first kappa shape index (κ1) is 11.5. The minimum absolute atomic E-state index is 0.0405. The lowest BCUT2D eigenvalue weighted by Crippen LogP contribution is -2.12. The maximum absolute atomic E-state index is 11.6. The average Bonchev–Trinajstić information content (AvgIpc) is 2.21. The molecule has 0 amide bonds. The summed E-state index contributed by atoms with van der Waals surface area (Å²) in [6, 6.07) is 3.87. The lowest BCUT2D eigenvalue weighted by Gasteiger charge is -2.09. The molecule has 0 aliphatic heterocycles. The van der Waals surface area contributed by atoms with E-state index in [0.29, 0.717) is 0 Å². The van der Waals surface area contributed by atoms with Gasteiger partial charge in [-0.05, 0) is 25.1 Å². The third-order valence-electron chi connectivity index (χ3n) is 2.16. The van der Waals surface area contributed by atoms with Crippen molar-refractivity contribution in [3.63, 3.8) is 0 Å². The molecule has 0 spiro atoms. The molecule has 1 rings (SSSR count). The van der Waals surface area contributed by atoms with Gasteiger partial charge in [-0.25, -0.2) is 0 Å². The minimum Gasteiger partial charge on any atom is -0.508 e. The molecule has 0 aliphatic carbocycles. The molecule has 4 heteroatoms. The molecule has 0 radical (unpaired) electrons. The Morgan fingerprint density at radius 2 is 2.13 bits per heavy atom. The normalized spacial score (nSPS) is 12.4. The molecule has 4 nitrogen and oxygen atoms in total. The molecular formula is C11H14O4. The molecule has 1 atom stereocenters. The zero-order valence-corrected chi connectivity index (χ0v) is 8.73. The number of hydrogen-bond acceptors (Lipinski definition) is 4. The molecule has 15 heavy (non-hydrogen) atoms. The zero-order chi connectivity index (χ0) is 11.4. The number of carbonyl (C=O) groups excluding carboxylic acids is 1. The molecular weight excluding hydrogens is 196 g/mol. The van der Waals surface area contributed by atoms with Crippen molar-refractivity contribution < 1.29 is 19.7 Å². The van der Waals surface area contributed by atoms with E-state index < -0.39 is 0 Å². The maximum atomic E-state index is 11.6. The molecule has 0 bridgehead atoms. The van der Waals surface area contributed by atoms with Crippen molar-refractivity contribution in [2.45, 2.75) is 19.4 Å². The van der Waals surface area contributed by atoms with Crippen LogP contribution < -0.4 is 0 Å². The van der Waals surface area contributed by atoms with Crippen LogP contribution in [0.4, 0.5) is 0 Å². The molecule has 2 N–H and O–H groups in total. The molecule has 1 aromatic carbocycles. The van der Waals surface area contributed by atoms with Crippen LogP contribution in [0.2, 0.25) is 0 Å². The second-order valence-corrected chi connectivity index (χ2v) is 3.38. The van der Waals surface area contributed by atoms with E-state index in [9.17, 15) is 15.0 Å². The van der Waals surface area contributed by atoms with Gasteiger partial charge < -0.3 is 14.9 Å². The van der Waals surface area contributed by atoms with Gasteiger partial charge in [0, 0.05) is 13.5 Å². The number of ether oxygens (including phenoxy) is 1. The van der Waals surface area contributed by atoms with E-state index >= 15 is 0 Å². The second kappa shape index (κ2) is 4.79. The van der Waals surface area contributed by atoms with Crippen LogP contribution in [0.25, 0.3) is 0 Å². The smallest absolute Gasteiger partial charge is 0.169 e. The minimum atomic E-state index is -0.252. The van der Waals surface area contributed by atoms with Gasteiger partial charge in [-0.2, -0.15) is 0 Å². The first-order chi connectivity index (χ1) is 7.04. The Morgan fingerprint density at radius 3 is 2.73 bits per heavy atom. The lowest BCUT2D eigenvalue weighted by molar-refractivity contribution is 0.0789. The van der Waals surface area contributed by atoms with Gasteiger partial charge in [-0.15, -0.1) is 0 Å². The van der Waals surface area contributed by atoms with E-state index in [1.54, 1.807) is 6.92 Å². The van der Waals surface area contributed by atoms with Gasteiger partial charge in [-0.3, -0.25) is 4.79 Å². The fourth-order valence-corrected chi connectivity index (χ4v) is 1.20. The number of Topliss-reactive ketones (excluding diaryl/α,β-unsaturated/α-hetero) is 1. The molecule has 0 saturated carbocycles. The predicted octanol–water partition coefficient (Wildman–Crippen LogP) is 1.71. The fourth-order valence-electron chi connectivity index (χ4n) is 1.20. The monoisotopic (exact) mass is 210 g/mol. The van der Waals surface area contributed by atoms with E-state index in [4.69, 9.17) is 4.74 Å². The molecule has 0 aromatic heterocycles. The third-order valence-corrected chi connectivity index (χ3v) is 2.16. The summed E-state index contributed by atoms with van der Waals surface area (Å²) in [5.41, 5.74) is 0.124. The van der Waals surface area contributed by atoms with E-state index in [2.05, 4.69) is 0 Å². The standard InChI is InChI=1S/C11H14O4/c1-7(15-2)5-11(14)9-6-8(12)3-4-10(9)13/h3-4,6-7,12-13H,5H2,1-2H3. The van der Waals surface area contributed by atoms with Crippen LogP contribution in [0, 0.1) is 0 Å². The number of rotatable bonds is 4. The Kier molecular flexibility index (Phi) is 3.68. The first-order valence-corrected chi connectivity index (χ1v) is 4.62. The summed E-state index contributed by atoms with van der Waals surface area (Å²) in [6.07, 6.45) is -0.0349. The Morgan fingerprint density at radius 1 is 1.47 bits per heavy atom. The van der Waals surface area contributed by atoms with Crippen LogP contribution in [-0.4, -0.2) is 29.2 Å². The van der Waals surface area contributed by atoms with Gasteiger partial charge in [0.05, 0.1) is 11.7 Å². The van der Waals surface area contributed by atoms with E-state index in [0.717, 1.165) is 0 Å². The maximum Gasteiger partial charge on any atom is 0.169 e. The van der Waals surface area contributed by atoms with E-state index in [-0.39, 0.29) is 35.4 Å². The van der Waals surface area contributed by atoms with E-state index in [1.165, 1.54) is 25.3 Å². The highest BCUT2D eigenvalue weighted by Gasteiger charge is 2.14. The van der Waals surface area contributed by atoms with Gasteiger partial charge in [0.15, 0.2) is 5.78 Å². The summed E-state index contributed by atoms with van der Waals surface area (Å²) in [6.45, 7) is 1.76. The largest absolute Gasteiger partial charge is 0.508 e. The Hall–Kier alpha value is -1.55. The van der Waals surface area contributed by atoms with Gasteiger partial charge in [0.1, 0.15) is 11.5 Å². The number of phenolic OH excluding ortho intramolecular Hbond substituents is 2. The van der Waals surface area contributed by atoms with Gasteiger partial charge in [0.25, 0.3) is 0 Å². The molecule has 0 saturated heterocycles.